The van der Waals surface area contributed by atoms with Gasteiger partial charge < -0.3 is 10.3 Å². The number of H-pyrrole nitrogens is 1. The van der Waals surface area contributed by atoms with Crippen molar-refractivity contribution >= 4 is 15.5 Å². The minimum atomic E-state index is -3.22. The molecule has 0 bridgehead atoms. The van der Waals surface area contributed by atoms with E-state index in [1.807, 2.05) is 0 Å². The van der Waals surface area contributed by atoms with Gasteiger partial charge in [0.1, 0.15) is 5.82 Å². The lowest BCUT2D eigenvalue weighted by molar-refractivity contribution is 0.602. The maximum Gasteiger partial charge on any atom is 0.177 e. The summed E-state index contributed by atoms with van der Waals surface area (Å²) >= 11 is 0. The van der Waals surface area contributed by atoms with E-state index < -0.39 is 9.84 Å². The average Bonchev–Trinajstić information content (AvgIpc) is 2.78. The molecule has 0 aliphatic carbocycles. The number of para-hydroxylation sites is 1. The zero-order chi connectivity index (χ0) is 12.3. The SMILES string of the molecule is CS(=O)(=O)c1ccccc1NCc1ncc[nH]1. The third-order valence-corrected chi connectivity index (χ3v) is 3.44. The molecule has 1 aromatic carbocycles. The van der Waals surface area contributed by atoms with E-state index in [4.69, 9.17) is 0 Å². The van der Waals surface area contributed by atoms with Gasteiger partial charge in [0.25, 0.3) is 0 Å². The number of imidazole rings is 1. The molecule has 0 saturated heterocycles. The summed E-state index contributed by atoms with van der Waals surface area (Å²) in [4.78, 5) is 7.30. The Morgan fingerprint density at radius 3 is 2.76 bits per heavy atom. The fourth-order valence-electron chi connectivity index (χ4n) is 1.51. The number of aromatic amines is 1. The largest absolute Gasteiger partial charge is 0.377 e. The minimum Gasteiger partial charge on any atom is -0.377 e. The Labute approximate surface area is 99.8 Å². The topological polar surface area (TPSA) is 74.8 Å². The van der Waals surface area contributed by atoms with E-state index in [-0.39, 0.29) is 0 Å². The van der Waals surface area contributed by atoms with E-state index in [0.29, 0.717) is 17.1 Å². The summed E-state index contributed by atoms with van der Waals surface area (Å²) in [7, 11) is -3.22. The molecule has 5 nitrogen and oxygen atoms in total. The second-order valence-electron chi connectivity index (χ2n) is 3.66. The summed E-state index contributed by atoms with van der Waals surface area (Å²) in [5.41, 5.74) is 0.589. The first-order valence-electron chi connectivity index (χ1n) is 5.08. The highest BCUT2D eigenvalue weighted by Crippen LogP contribution is 2.20. The Kier molecular flexibility index (Phi) is 3.14. The minimum absolute atomic E-state index is 0.298. The van der Waals surface area contributed by atoms with Crippen molar-refractivity contribution < 1.29 is 8.42 Å². The zero-order valence-corrected chi connectivity index (χ0v) is 10.2. The van der Waals surface area contributed by atoms with Gasteiger partial charge in [-0.1, -0.05) is 12.1 Å². The van der Waals surface area contributed by atoms with Crippen molar-refractivity contribution in [3.8, 4) is 0 Å². The first kappa shape index (κ1) is 11.7. The quantitative estimate of drug-likeness (QED) is 0.862. The van der Waals surface area contributed by atoms with Gasteiger partial charge in [-0.15, -0.1) is 0 Å². The number of anilines is 1. The lowest BCUT2D eigenvalue weighted by Crippen LogP contribution is -2.06. The van der Waals surface area contributed by atoms with E-state index in [2.05, 4.69) is 15.3 Å². The highest BCUT2D eigenvalue weighted by atomic mass is 32.2. The summed E-state index contributed by atoms with van der Waals surface area (Å²) in [6.45, 7) is 0.458. The Morgan fingerprint density at radius 2 is 2.12 bits per heavy atom. The molecule has 0 amide bonds. The van der Waals surface area contributed by atoms with E-state index in [1.54, 1.807) is 36.7 Å². The first-order valence-corrected chi connectivity index (χ1v) is 6.98. The third-order valence-electron chi connectivity index (χ3n) is 2.29. The molecule has 0 aliphatic rings. The maximum atomic E-state index is 11.6. The van der Waals surface area contributed by atoms with Crippen LogP contribution in [-0.4, -0.2) is 24.6 Å². The zero-order valence-electron chi connectivity index (χ0n) is 9.34. The Balaban J connectivity index is 2.22. The lowest BCUT2D eigenvalue weighted by Gasteiger charge is -2.09. The summed E-state index contributed by atoms with van der Waals surface area (Å²) in [5.74, 6) is 0.758. The van der Waals surface area contributed by atoms with Crippen LogP contribution in [0.4, 0.5) is 5.69 Å². The van der Waals surface area contributed by atoms with E-state index >= 15 is 0 Å². The fourth-order valence-corrected chi connectivity index (χ4v) is 2.38. The van der Waals surface area contributed by atoms with Crippen LogP contribution in [0.25, 0.3) is 0 Å². The fraction of sp³-hybridized carbons (Fsp3) is 0.182. The van der Waals surface area contributed by atoms with Crippen LogP contribution in [0.3, 0.4) is 0 Å². The smallest absolute Gasteiger partial charge is 0.177 e. The molecule has 90 valence electrons. The molecule has 0 fully saturated rings. The van der Waals surface area contributed by atoms with Crippen molar-refractivity contribution in [2.45, 2.75) is 11.4 Å². The maximum absolute atomic E-state index is 11.6. The molecule has 0 spiro atoms. The van der Waals surface area contributed by atoms with Gasteiger partial charge in [-0.3, -0.25) is 0 Å². The van der Waals surface area contributed by atoms with Crippen LogP contribution in [0, 0.1) is 0 Å². The van der Waals surface area contributed by atoms with E-state index in [1.165, 1.54) is 6.26 Å². The van der Waals surface area contributed by atoms with Crippen LogP contribution in [0.1, 0.15) is 5.82 Å². The molecule has 1 aromatic heterocycles. The number of rotatable bonds is 4. The highest BCUT2D eigenvalue weighted by molar-refractivity contribution is 7.90. The van der Waals surface area contributed by atoms with Crippen LogP contribution in [0.5, 0.6) is 0 Å². The van der Waals surface area contributed by atoms with Gasteiger partial charge in [-0.05, 0) is 12.1 Å². The second-order valence-corrected chi connectivity index (χ2v) is 5.64. The Morgan fingerprint density at radius 1 is 1.35 bits per heavy atom. The molecule has 2 N–H and O–H groups in total. The van der Waals surface area contributed by atoms with Crippen molar-refractivity contribution in [3.05, 3.63) is 42.5 Å². The van der Waals surface area contributed by atoms with Crippen molar-refractivity contribution in [2.75, 3.05) is 11.6 Å². The number of aromatic nitrogens is 2. The van der Waals surface area contributed by atoms with Gasteiger partial charge in [0.05, 0.1) is 17.1 Å². The lowest BCUT2D eigenvalue weighted by atomic mass is 10.3. The predicted molar refractivity (Wildman–Crippen MR) is 65.5 cm³/mol. The third kappa shape index (κ3) is 2.85. The molecule has 0 atom stereocenters. The monoisotopic (exact) mass is 251 g/mol. The van der Waals surface area contributed by atoms with Gasteiger partial charge in [-0.25, -0.2) is 13.4 Å². The summed E-state index contributed by atoms with van der Waals surface area (Å²) < 4.78 is 23.1. The van der Waals surface area contributed by atoms with Crippen LogP contribution in [0.15, 0.2) is 41.6 Å². The Bertz CT molecular complexity index is 591. The Hall–Kier alpha value is -1.82. The van der Waals surface area contributed by atoms with Crippen molar-refractivity contribution in [1.29, 1.82) is 0 Å². The molecule has 0 aliphatic heterocycles. The van der Waals surface area contributed by atoms with E-state index in [9.17, 15) is 8.42 Å². The van der Waals surface area contributed by atoms with Crippen molar-refractivity contribution in [3.63, 3.8) is 0 Å². The molecule has 17 heavy (non-hydrogen) atoms. The first-order chi connectivity index (χ1) is 8.07. The van der Waals surface area contributed by atoms with Crippen molar-refractivity contribution in [1.82, 2.24) is 9.97 Å². The number of sulfone groups is 1. The average molecular weight is 251 g/mol. The number of hydrogen-bond acceptors (Lipinski definition) is 4. The summed E-state index contributed by atoms with van der Waals surface area (Å²) in [5, 5.41) is 3.05. The van der Waals surface area contributed by atoms with E-state index in [0.717, 1.165) is 5.82 Å². The molecule has 2 aromatic rings. The highest BCUT2D eigenvalue weighted by Gasteiger charge is 2.12. The number of hydrogen-bond donors (Lipinski definition) is 2. The second kappa shape index (κ2) is 4.58. The normalized spacial score (nSPS) is 11.4. The summed E-state index contributed by atoms with van der Waals surface area (Å²) in [6, 6.07) is 6.81. The molecule has 0 unspecified atom stereocenters. The van der Waals surface area contributed by atoms with Gasteiger partial charge in [-0.2, -0.15) is 0 Å². The molecule has 1 heterocycles. The van der Waals surface area contributed by atoms with Gasteiger partial charge in [0.15, 0.2) is 9.84 Å². The van der Waals surface area contributed by atoms with Crippen LogP contribution < -0.4 is 5.32 Å². The van der Waals surface area contributed by atoms with Gasteiger partial charge in [0.2, 0.25) is 0 Å². The molecular formula is C11H13N3O2S. The van der Waals surface area contributed by atoms with Gasteiger partial charge in [0, 0.05) is 18.6 Å². The number of nitrogens with one attached hydrogen (secondary N) is 2. The van der Waals surface area contributed by atoms with Crippen molar-refractivity contribution in [2.24, 2.45) is 0 Å². The molecule has 2 rings (SSSR count). The molecular weight excluding hydrogens is 238 g/mol. The van der Waals surface area contributed by atoms with Crippen LogP contribution >= 0.6 is 0 Å². The number of benzene rings is 1. The standard InChI is InChI=1S/C11H13N3O2S/c1-17(15,16)10-5-3-2-4-9(10)14-8-11-12-6-7-13-11/h2-7,14H,8H2,1H3,(H,12,13). The molecule has 6 heteroatoms. The predicted octanol–water partition coefficient (Wildman–Crippen LogP) is 1.43. The summed E-state index contributed by atoms with van der Waals surface area (Å²) in [6.07, 6.45) is 4.57. The van der Waals surface area contributed by atoms with Crippen LogP contribution in [0.2, 0.25) is 0 Å². The van der Waals surface area contributed by atoms with Gasteiger partial charge >= 0.3 is 0 Å². The van der Waals surface area contributed by atoms with Crippen LogP contribution in [-0.2, 0) is 16.4 Å². The molecule has 0 saturated carbocycles. The molecule has 0 radical (unpaired) electrons. The number of nitrogens with zero attached hydrogens (tertiary/aromatic N) is 1.